The largest absolute Gasteiger partial charge is 0.389 e. The molecule has 0 radical (unpaired) electrons. The van der Waals surface area contributed by atoms with Crippen molar-refractivity contribution in [3.05, 3.63) is 0 Å². The first-order valence-corrected chi connectivity index (χ1v) is 8.06. The van der Waals surface area contributed by atoms with Crippen LogP contribution in [0.5, 0.6) is 0 Å². The number of carbonyl (C=O) groups excluding carboxylic acids is 1. The Kier molecular flexibility index (Phi) is 6.96. The fourth-order valence-corrected chi connectivity index (χ4v) is 2.99. The smallest absolute Gasteiger partial charge is 0.237 e. The van der Waals surface area contributed by atoms with Gasteiger partial charge in [-0.3, -0.25) is 4.79 Å². The van der Waals surface area contributed by atoms with Crippen molar-refractivity contribution < 1.29 is 9.90 Å². The van der Waals surface area contributed by atoms with Gasteiger partial charge in [0.25, 0.3) is 0 Å². The van der Waals surface area contributed by atoms with Crippen molar-refractivity contribution in [3.63, 3.8) is 0 Å². The second-order valence-electron chi connectivity index (χ2n) is 7.04. The van der Waals surface area contributed by atoms with Gasteiger partial charge in [0.05, 0.1) is 11.6 Å². The summed E-state index contributed by atoms with van der Waals surface area (Å²) in [5.74, 6) is 0.496. The molecule has 0 spiro atoms. The predicted octanol–water partition coefficient (Wildman–Crippen LogP) is 2.21. The number of aliphatic hydroxyl groups is 1. The molecule has 20 heavy (non-hydrogen) atoms. The van der Waals surface area contributed by atoms with Gasteiger partial charge < -0.3 is 15.7 Å². The van der Waals surface area contributed by atoms with E-state index in [1.54, 1.807) is 0 Å². The summed E-state index contributed by atoms with van der Waals surface area (Å²) in [7, 11) is 0. The van der Waals surface area contributed by atoms with Crippen LogP contribution in [0.4, 0.5) is 0 Å². The lowest BCUT2D eigenvalue weighted by molar-refractivity contribution is -0.123. The van der Waals surface area contributed by atoms with Crippen LogP contribution in [0.15, 0.2) is 0 Å². The zero-order valence-corrected chi connectivity index (χ0v) is 13.5. The zero-order valence-electron chi connectivity index (χ0n) is 13.5. The van der Waals surface area contributed by atoms with E-state index in [1.165, 1.54) is 19.3 Å². The summed E-state index contributed by atoms with van der Waals surface area (Å²) in [4.78, 5) is 12.1. The number of nitrogens with one attached hydrogen (secondary N) is 2. The average Bonchev–Trinajstić information content (AvgIpc) is 2.35. The highest BCUT2D eigenvalue weighted by Crippen LogP contribution is 2.18. The number of hydrogen-bond donors (Lipinski definition) is 3. The molecular weight excluding hydrogens is 252 g/mol. The average molecular weight is 284 g/mol. The molecule has 0 aromatic carbocycles. The molecule has 2 unspecified atom stereocenters. The fourth-order valence-electron chi connectivity index (χ4n) is 2.99. The van der Waals surface area contributed by atoms with Crippen LogP contribution in [0.2, 0.25) is 0 Å². The van der Waals surface area contributed by atoms with E-state index in [-0.39, 0.29) is 11.9 Å². The molecular formula is C16H32N2O2. The van der Waals surface area contributed by atoms with Gasteiger partial charge in [0.1, 0.15) is 0 Å². The van der Waals surface area contributed by atoms with E-state index < -0.39 is 5.60 Å². The first-order chi connectivity index (χ1) is 9.30. The SMILES string of the molecule is CC(C)CC(C)(O)CNC(C)C(=O)NC1CCCCC1. The molecule has 0 heterocycles. The molecule has 1 fully saturated rings. The van der Waals surface area contributed by atoms with Crippen LogP contribution in [0.1, 0.15) is 66.2 Å². The van der Waals surface area contributed by atoms with E-state index in [0.717, 1.165) is 19.3 Å². The van der Waals surface area contributed by atoms with Crippen molar-refractivity contribution >= 4 is 5.91 Å². The van der Waals surface area contributed by atoms with Crippen LogP contribution in [0.25, 0.3) is 0 Å². The first kappa shape index (κ1) is 17.4. The third kappa shape index (κ3) is 6.71. The van der Waals surface area contributed by atoms with Gasteiger partial charge in [-0.2, -0.15) is 0 Å². The van der Waals surface area contributed by atoms with Crippen LogP contribution >= 0.6 is 0 Å². The molecule has 1 aliphatic carbocycles. The van der Waals surface area contributed by atoms with Crippen molar-refractivity contribution in [2.75, 3.05) is 6.54 Å². The minimum Gasteiger partial charge on any atom is -0.389 e. The van der Waals surface area contributed by atoms with Crippen molar-refractivity contribution in [2.45, 2.75) is 83.9 Å². The quantitative estimate of drug-likeness (QED) is 0.672. The van der Waals surface area contributed by atoms with Crippen molar-refractivity contribution in [1.29, 1.82) is 0 Å². The van der Waals surface area contributed by atoms with Gasteiger partial charge in [0, 0.05) is 12.6 Å². The third-order valence-corrected chi connectivity index (χ3v) is 3.98. The second kappa shape index (κ2) is 7.99. The Bertz CT molecular complexity index is 297. The minimum absolute atomic E-state index is 0.0530. The molecule has 2 atom stereocenters. The highest BCUT2D eigenvalue weighted by Gasteiger charge is 2.25. The molecule has 4 heteroatoms. The molecule has 0 aliphatic heterocycles. The Labute approximate surface area is 123 Å². The molecule has 1 amide bonds. The molecule has 4 nitrogen and oxygen atoms in total. The lowest BCUT2D eigenvalue weighted by Crippen LogP contribution is -2.50. The zero-order chi connectivity index (χ0) is 15.2. The standard InChI is InChI=1S/C16H32N2O2/c1-12(2)10-16(4,20)11-17-13(3)15(19)18-14-8-6-5-7-9-14/h12-14,17,20H,5-11H2,1-4H3,(H,18,19). The summed E-state index contributed by atoms with van der Waals surface area (Å²) in [5, 5.41) is 16.5. The topological polar surface area (TPSA) is 61.4 Å². The first-order valence-electron chi connectivity index (χ1n) is 8.06. The number of rotatable bonds is 7. The van der Waals surface area contributed by atoms with Gasteiger partial charge in [-0.15, -0.1) is 0 Å². The highest BCUT2D eigenvalue weighted by atomic mass is 16.3. The maximum Gasteiger partial charge on any atom is 0.237 e. The highest BCUT2D eigenvalue weighted by molar-refractivity contribution is 5.81. The van der Waals surface area contributed by atoms with Gasteiger partial charge in [-0.05, 0) is 39.0 Å². The Hall–Kier alpha value is -0.610. The van der Waals surface area contributed by atoms with Gasteiger partial charge >= 0.3 is 0 Å². The summed E-state index contributed by atoms with van der Waals surface area (Å²) in [6.07, 6.45) is 6.66. The maximum atomic E-state index is 12.1. The van der Waals surface area contributed by atoms with Crippen molar-refractivity contribution in [1.82, 2.24) is 10.6 Å². The molecule has 118 valence electrons. The molecule has 0 aromatic heterocycles. The summed E-state index contributed by atoms with van der Waals surface area (Å²) < 4.78 is 0. The number of hydrogen-bond acceptors (Lipinski definition) is 3. The van der Waals surface area contributed by atoms with Crippen LogP contribution in [0, 0.1) is 5.92 Å². The summed E-state index contributed by atoms with van der Waals surface area (Å²) in [5.41, 5.74) is -0.756. The van der Waals surface area contributed by atoms with Gasteiger partial charge in [-0.25, -0.2) is 0 Å². The van der Waals surface area contributed by atoms with E-state index in [4.69, 9.17) is 0 Å². The molecule has 1 rings (SSSR count). The predicted molar refractivity (Wildman–Crippen MR) is 82.6 cm³/mol. The molecule has 3 N–H and O–H groups in total. The molecule has 1 aliphatic rings. The molecule has 0 bridgehead atoms. The van der Waals surface area contributed by atoms with Crippen LogP contribution < -0.4 is 10.6 Å². The Morgan fingerprint density at radius 2 is 1.85 bits per heavy atom. The monoisotopic (exact) mass is 284 g/mol. The van der Waals surface area contributed by atoms with Gasteiger partial charge in [0.15, 0.2) is 0 Å². The molecule has 0 aromatic rings. The Morgan fingerprint density at radius 1 is 1.25 bits per heavy atom. The summed E-state index contributed by atoms with van der Waals surface area (Å²) in [6, 6.07) is 0.0900. The van der Waals surface area contributed by atoms with E-state index >= 15 is 0 Å². The normalized spacial score (nSPS) is 21.5. The molecule has 0 saturated heterocycles. The van der Waals surface area contributed by atoms with E-state index in [0.29, 0.717) is 18.5 Å². The van der Waals surface area contributed by atoms with Crippen molar-refractivity contribution in [3.8, 4) is 0 Å². The third-order valence-electron chi connectivity index (χ3n) is 3.98. The minimum atomic E-state index is -0.756. The lowest BCUT2D eigenvalue weighted by Gasteiger charge is -2.28. The van der Waals surface area contributed by atoms with E-state index in [1.807, 2.05) is 13.8 Å². The lowest BCUT2D eigenvalue weighted by atomic mass is 9.94. The van der Waals surface area contributed by atoms with Crippen LogP contribution in [0.3, 0.4) is 0 Å². The Morgan fingerprint density at radius 3 is 2.40 bits per heavy atom. The summed E-state index contributed by atoms with van der Waals surface area (Å²) >= 11 is 0. The molecule has 1 saturated carbocycles. The Balaban J connectivity index is 2.30. The number of carbonyl (C=O) groups is 1. The van der Waals surface area contributed by atoms with Crippen LogP contribution in [-0.4, -0.2) is 35.2 Å². The van der Waals surface area contributed by atoms with Gasteiger partial charge in [0.2, 0.25) is 5.91 Å². The number of amides is 1. The van der Waals surface area contributed by atoms with E-state index in [2.05, 4.69) is 24.5 Å². The van der Waals surface area contributed by atoms with Crippen LogP contribution in [-0.2, 0) is 4.79 Å². The fraction of sp³-hybridized carbons (Fsp3) is 0.938. The van der Waals surface area contributed by atoms with Crippen molar-refractivity contribution in [2.24, 2.45) is 5.92 Å². The van der Waals surface area contributed by atoms with Gasteiger partial charge in [-0.1, -0.05) is 33.1 Å². The summed E-state index contributed by atoms with van der Waals surface area (Å²) in [6.45, 7) is 8.32. The van der Waals surface area contributed by atoms with E-state index in [9.17, 15) is 9.90 Å². The second-order valence-corrected chi connectivity index (χ2v) is 7.04. The maximum absolute atomic E-state index is 12.1.